The van der Waals surface area contributed by atoms with Crippen LogP contribution in [0.25, 0.3) is 86.2 Å². The van der Waals surface area contributed by atoms with Gasteiger partial charge in [0, 0.05) is 41.1 Å². The van der Waals surface area contributed by atoms with Gasteiger partial charge in [0.05, 0.1) is 0 Å². The van der Waals surface area contributed by atoms with Gasteiger partial charge in [0.15, 0.2) is 0 Å². The lowest BCUT2D eigenvalue weighted by molar-refractivity contribution is 1.57. The highest BCUT2D eigenvalue weighted by molar-refractivity contribution is 8.77. The van der Waals surface area contributed by atoms with Gasteiger partial charge in [-0.05, 0) is 64.6 Å². The maximum absolute atomic E-state index is 2.37. The van der Waals surface area contributed by atoms with Gasteiger partial charge < -0.3 is 0 Å². The van der Waals surface area contributed by atoms with Crippen molar-refractivity contribution in [2.24, 2.45) is 0 Å². The van der Waals surface area contributed by atoms with Gasteiger partial charge >= 0.3 is 0 Å². The third-order valence-electron chi connectivity index (χ3n) is 9.09. The number of rotatable bonds is 0. The molecule has 2 aliphatic heterocycles. The molecule has 40 heavy (non-hydrogen) atoms. The minimum Gasteiger partial charge on any atom is -0.0616 e. The van der Waals surface area contributed by atoms with Crippen molar-refractivity contribution in [1.82, 2.24) is 0 Å². The molecule has 11 rings (SSSR count). The lowest BCUT2D eigenvalue weighted by Crippen LogP contribution is -1.95. The predicted molar refractivity (Wildman–Crippen MR) is 181 cm³/mol. The van der Waals surface area contributed by atoms with Crippen LogP contribution in [-0.4, -0.2) is 0 Å². The van der Waals surface area contributed by atoms with Crippen molar-refractivity contribution in [2.45, 2.75) is 19.6 Å². The van der Waals surface area contributed by atoms with Crippen molar-refractivity contribution >= 4 is 129 Å². The van der Waals surface area contributed by atoms with E-state index in [0.29, 0.717) is 0 Å². The van der Waals surface area contributed by atoms with Crippen LogP contribution in [0.3, 0.4) is 0 Å². The highest BCUT2D eigenvalue weighted by atomic mass is 33.1. The van der Waals surface area contributed by atoms with Crippen LogP contribution in [0.1, 0.15) is 0 Å². The fourth-order valence-electron chi connectivity index (χ4n) is 7.64. The Hall–Kier alpha value is -3.28. The summed E-state index contributed by atoms with van der Waals surface area (Å²) in [7, 11) is 7.79. The Morgan fingerprint density at radius 2 is 0.450 bits per heavy atom. The van der Waals surface area contributed by atoms with E-state index in [-0.39, 0.29) is 0 Å². The number of hydrogen-bond acceptors (Lipinski definition) is 4. The van der Waals surface area contributed by atoms with E-state index in [1.807, 2.05) is 43.2 Å². The monoisotopic (exact) mass is 576 g/mol. The summed E-state index contributed by atoms with van der Waals surface area (Å²) in [5, 5.41) is 22.6. The van der Waals surface area contributed by atoms with E-state index in [9.17, 15) is 0 Å². The molecular weight excluding hydrogens is 561 g/mol. The zero-order chi connectivity index (χ0) is 25.7. The zero-order valence-electron chi connectivity index (χ0n) is 20.9. The van der Waals surface area contributed by atoms with E-state index >= 15 is 0 Å². The molecule has 0 atom stereocenters. The minimum atomic E-state index is 1.38. The number of fused-ring (bicyclic) bond motifs is 14. The van der Waals surface area contributed by atoms with Crippen molar-refractivity contribution in [3.8, 4) is 0 Å². The van der Waals surface area contributed by atoms with Gasteiger partial charge in [0.1, 0.15) is 0 Å². The Bertz CT molecular complexity index is 2290. The van der Waals surface area contributed by atoms with E-state index < -0.39 is 0 Å². The van der Waals surface area contributed by atoms with Gasteiger partial charge in [0.25, 0.3) is 0 Å². The maximum atomic E-state index is 2.37. The average molecular weight is 577 g/mol. The van der Waals surface area contributed by atoms with Crippen LogP contribution >= 0.6 is 43.2 Å². The molecule has 0 radical (unpaired) electrons. The molecule has 0 spiro atoms. The van der Waals surface area contributed by atoms with Crippen LogP contribution in [0.15, 0.2) is 117 Å². The van der Waals surface area contributed by atoms with E-state index in [1.165, 1.54) is 106 Å². The van der Waals surface area contributed by atoms with Crippen LogP contribution in [0, 0.1) is 0 Å². The van der Waals surface area contributed by atoms with E-state index in [0.717, 1.165) is 0 Å². The summed E-state index contributed by atoms with van der Waals surface area (Å²) in [6, 6.07) is 36.6. The highest BCUT2D eigenvalue weighted by Gasteiger charge is 2.32. The molecule has 2 heterocycles. The summed E-state index contributed by atoms with van der Waals surface area (Å²) in [6.07, 6.45) is 0. The molecule has 0 aromatic heterocycles. The maximum Gasteiger partial charge on any atom is 0.0355 e. The molecule has 0 unspecified atom stereocenters. The molecule has 0 aliphatic carbocycles. The molecule has 9 aromatic rings. The van der Waals surface area contributed by atoms with Crippen LogP contribution < -0.4 is 0 Å². The first-order valence-electron chi connectivity index (χ1n) is 13.5. The summed E-state index contributed by atoms with van der Waals surface area (Å²) in [5.74, 6) is 0. The van der Waals surface area contributed by atoms with E-state index in [2.05, 4.69) is 97.1 Å². The van der Waals surface area contributed by atoms with Crippen molar-refractivity contribution in [3.63, 3.8) is 0 Å². The summed E-state index contributed by atoms with van der Waals surface area (Å²) >= 11 is 0. The highest BCUT2D eigenvalue weighted by Crippen LogP contribution is 2.64. The molecule has 9 aromatic carbocycles. The number of hydrogen-bond donors (Lipinski definition) is 0. The molecule has 4 heteroatoms. The second kappa shape index (κ2) is 7.32. The van der Waals surface area contributed by atoms with Crippen LogP contribution in [0.5, 0.6) is 0 Å². The van der Waals surface area contributed by atoms with Gasteiger partial charge in [0.2, 0.25) is 0 Å². The molecule has 0 saturated heterocycles. The smallest absolute Gasteiger partial charge is 0.0355 e. The topological polar surface area (TPSA) is 0 Å². The Kier molecular flexibility index (Phi) is 3.93. The fraction of sp³-hybridized carbons (Fsp3) is 0. The summed E-state index contributed by atoms with van der Waals surface area (Å²) in [4.78, 5) is 5.72. The Balaban J connectivity index is 1.68. The second-order valence-electron chi connectivity index (χ2n) is 10.8. The molecule has 184 valence electrons. The average Bonchev–Trinajstić information content (AvgIpc) is 3.67. The Morgan fingerprint density at radius 3 is 0.700 bits per heavy atom. The first kappa shape index (κ1) is 21.5. The molecular formula is C36H16S4. The van der Waals surface area contributed by atoms with E-state index in [4.69, 9.17) is 0 Å². The fourth-order valence-corrected chi connectivity index (χ4v) is 13.4. The van der Waals surface area contributed by atoms with Crippen molar-refractivity contribution < 1.29 is 0 Å². The SMILES string of the molecule is c1ccc2c(c1)c1c3c(c4ccccc4c4c3c2c2c3ccccc3c3c5c(c6ccccc6c4c52)SS3)SS1. The Morgan fingerprint density at radius 1 is 0.225 bits per heavy atom. The first-order valence-corrected chi connectivity index (χ1v) is 17.8. The predicted octanol–water partition coefficient (Wildman–Crippen LogP) is 12.6. The van der Waals surface area contributed by atoms with Crippen molar-refractivity contribution in [1.29, 1.82) is 0 Å². The molecule has 0 saturated carbocycles. The lowest BCUT2D eigenvalue weighted by atomic mass is 9.81. The molecule has 0 bridgehead atoms. The van der Waals surface area contributed by atoms with Gasteiger partial charge in [-0.2, -0.15) is 0 Å². The minimum absolute atomic E-state index is 1.38. The molecule has 0 N–H and O–H groups in total. The third kappa shape index (κ3) is 2.31. The zero-order valence-corrected chi connectivity index (χ0v) is 24.1. The van der Waals surface area contributed by atoms with Gasteiger partial charge in [-0.1, -0.05) is 140 Å². The largest absolute Gasteiger partial charge is 0.0616 e. The summed E-state index contributed by atoms with van der Waals surface area (Å²) in [6.45, 7) is 0. The second-order valence-corrected chi connectivity index (χ2v) is 15.1. The summed E-state index contributed by atoms with van der Waals surface area (Å²) < 4.78 is 0. The molecule has 2 aliphatic rings. The normalized spacial score (nSPS) is 14.6. The van der Waals surface area contributed by atoms with Gasteiger partial charge in [-0.15, -0.1) is 0 Å². The van der Waals surface area contributed by atoms with Crippen molar-refractivity contribution in [2.75, 3.05) is 0 Å². The lowest BCUT2D eigenvalue weighted by Gasteiger charge is -2.22. The van der Waals surface area contributed by atoms with Crippen molar-refractivity contribution in [3.05, 3.63) is 97.1 Å². The Labute approximate surface area is 244 Å². The standard InChI is InChI=1S/C36H16S4/c1-5-13-21-17(9-1)25-26-18-10-2-6-14-22(18)35-32-30(26)28(20-12-4-8-16-24(20)36(32)40-39-35)27-19-11-3-7-15-23(19)34-31(29(25)27)33(21)37-38-34/h1-16H. The molecule has 0 amide bonds. The van der Waals surface area contributed by atoms with E-state index in [1.54, 1.807) is 0 Å². The van der Waals surface area contributed by atoms with Crippen LogP contribution in [-0.2, 0) is 0 Å². The van der Waals surface area contributed by atoms with Gasteiger partial charge in [-0.25, -0.2) is 0 Å². The quantitative estimate of drug-likeness (QED) is 0.1000. The summed E-state index contributed by atoms with van der Waals surface area (Å²) in [5.41, 5.74) is 0. The van der Waals surface area contributed by atoms with Crippen LogP contribution in [0.4, 0.5) is 0 Å². The molecule has 0 nitrogen and oxygen atoms in total. The third-order valence-corrected chi connectivity index (χ3v) is 14.1. The first-order chi connectivity index (χ1) is 19.9. The van der Waals surface area contributed by atoms with Crippen LogP contribution in [0.2, 0.25) is 0 Å². The molecule has 0 fully saturated rings. The number of benzene rings is 9. The van der Waals surface area contributed by atoms with Gasteiger partial charge in [-0.3, -0.25) is 0 Å².